The molecule has 0 aliphatic carbocycles. The number of rotatable bonds is 4. The zero-order valence-electron chi connectivity index (χ0n) is 9.08. The third-order valence-corrected chi connectivity index (χ3v) is 2.95. The lowest BCUT2D eigenvalue weighted by atomic mass is 10.2. The maximum Gasteiger partial charge on any atom is 0.186 e. The van der Waals surface area contributed by atoms with Gasteiger partial charge in [0.2, 0.25) is 0 Å². The molecule has 88 valence electrons. The Hall–Kier alpha value is -1.65. The van der Waals surface area contributed by atoms with Crippen molar-refractivity contribution in [2.75, 3.05) is 0 Å². The summed E-state index contributed by atoms with van der Waals surface area (Å²) in [6.07, 6.45) is 0. The monoisotopic (exact) mass is 248 g/mol. The molecule has 0 spiro atoms. The van der Waals surface area contributed by atoms with Crippen LogP contribution in [0.4, 0.5) is 0 Å². The molecular weight excluding hydrogens is 236 g/mol. The van der Waals surface area contributed by atoms with E-state index < -0.39 is 11.1 Å². The molecule has 4 heteroatoms. The van der Waals surface area contributed by atoms with Crippen molar-refractivity contribution >= 4 is 11.1 Å². The van der Waals surface area contributed by atoms with Gasteiger partial charge >= 0.3 is 0 Å². The third kappa shape index (κ3) is 3.41. The van der Waals surface area contributed by atoms with Crippen molar-refractivity contribution in [3.8, 4) is 5.75 Å². The molecule has 2 aromatic carbocycles. The zero-order chi connectivity index (χ0) is 12.1. The predicted molar refractivity (Wildman–Crippen MR) is 66.3 cm³/mol. The Morgan fingerprint density at radius 1 is 1.00 bits per heavy atom. The lowest BCUT2D eigenvalue weighted by molar-refractivity contribution is 0.306. The van der Waals surface area contributed by atoms with E-state index in [9.17, 15) is 4.21 Å². The van der Waals surface area contributed by atoms with E-state index in [2.05, 4.69) is 0 Å². The van der Waals surface area contributed by atoms with Crippen molar-refractivity contribution in [1.82, 2.24) is 0 Å². The first-order chi connectivity index (χ1) is 8.25. The topological polar surface area (TPSA) is 46.5 Å². The second-order valence-corrected chi connectivity index (χ2v) is 4.46. The second-order valence-electron chi connectivity index (χ2n) is 3.49. The van der Waals surface area contributed by atoms with Gasteiger partial charge in [0.1, 0.15) is 12.4 Å². The second kappa shape index (κ2) is 5.61. The fraction of sp³-hybridized carbons (Fsp3) is 0.0769. The van der Waals surface area contributed by atoms with Gasteiger partial charge in [-0.1, -0.05) is 30.3 Å². The molecule has 0 aliphatic heterocycles. The average molecular weight is 248 g/mol. The van der Waals surface area contributed by atoms with Gasteiger partial charge in [-0.25, -0.2) is 4.21 Å². The summed E-state index contributed by atoms with van der Waals surface area (Å²) in [5, 5.41) is 0. The van der Waals surface area contributed by atoms with E-state index in [4.69, 9.17) is 9.29 Å². The van der Waals surface area contributed by atoms with Gasteiger partial charge in [0.25, 0.3) is 0 Å². The Kier molecular flexibility index (Phi) is 3.90. The molecule has 0 aliphatic rings. The van der Waals surface area contributed by atoms with Crippen molar-refractivity contribution in [3.63, 3.8) is 0 Å². The van der Waals surface area contributed by atoms with Crippen LogP contribution in [-0.4, -0.2) is 8.76 Å². The van der Waals surface area contributed by atoms with Crippen molar-refractivity contribution in [1.29, 1.82) is 0 Å². The summed E-state index contributed by atoms with van der Waals surface area (Å²) in [6, 6.07) is 16.4. The largest absolute Gasteiger partial charge is 0.489 e. The fourth-order valence-corrected chi connectivity index (χ4v) is 1.76. The molecule has 2 aromatic rings. The SMILES string of the molecule is O=S(O)c1ccc(OCc2ccccc2)cc1. The minimum Gasteiger partial charge on any atom is -0.489 e. The lowest BCUT2D eigenvalue weighted by Crippen LogP contribution is -1.95. The Morgan fingerprint density at radius 2 is 1.65 bits per heavy atom. The summed E-state index contributed by atoms with van der Waals surface area (Å²) < 4.78 is 25.2. The minimum absolute atomic E-state index is 0.372. The van der Waals surface area contributed by atoms with Crippen LogP contribution in [0.1, 0.15) is 5.56 Å². The fourth-order valence-electron chi connectivity index (χ4n) is 1.39. The van der Waals surface area contributed by atoms with Gasteiger partial charge in [0, 0.05) is 0 Å². The van der Waals surface area contributed by atoms with E-state index in [1.54, 1.807) is 24.3 Å². The molecule has 1 N–H and O–H groups in total. The van der Waals surface area contributed by atoms with Crippen molar-refractivity contribution in [3.05, 3.63) is 60.2 Å². The van der Waals surface area contributed by atoms with Gasteiger partial charge in [-0.05, 0) is 29.8 Å². The normalized spacial score (nSPS) is 12.1. The average Bonchev–Trinajstić information content (AvgIpc) is 2.38. The first kappa shape index (κ1) is 11.8. The summed E-state index contributed by atoms with van der Waals surface area (Å²) in [5.41, 5.74) is 1.09. The maximum absolute atomic E-state index is 10.8. The van der Waals surface area contributed by atoms with Crippen LogP contribution in [0.15, 0.2) is 59.5 Å². The highest BCUT2D eigenvalue weighted by Crippen LogP contribution is 2.15. The minimum atomic E-state index is -1.93. The summed E-state index contributed by atoms with van der Waals surface area (Å²) >= 11 is -1.93. The van der Waals surface area contributed by atoms with Gasteiger partial charge in [-0.2, -0.15) is 0 Å². The Bertz CT molecular complexity index is 494. The maximum atomic E-state index is 10.8. The molecule has 3 nitrogen and oxygen atoms in total. The molecule has 1 unspecified atom stereocenters. The van der Waals surface area contributed by atoms with Crippen LogP contribution in [0.3, 0.4) is 0 Å². The molecule has 0 bridgehead atoms. The highest BCUT2D eigenvalue weighted by Gasteiger charge is 2.00. The highest BCUT2D eigenvalue weighted by molar-refractivity contribution is 7.79. The molecule has 1 atom stereocenters. The van der Waals surface area contributed by atoms with E-state index in [0.29, 0.717) is 17.3 Å². The molecule has 0 aromatic heterocycles. The summed E-state index contributed by atoms with van der Waals surface area (Å²) in [4.78, 5) is 0.372. The number of ether oxygens (including phenoxy) is 1. The Morgan fingerprint density at radius 3 is 2.24 bits per heavy atom. The van der Waals surface area contributed by atoms with Gasteiger partial charge in [0.05, 0.1) is 4.90 Å². The van der Waals surface area contributed by atoms with Crippen LogP contribution in [-0.2, 0) is 17.7 Å². The van der Waals surface area contributed by atoms with Crippen LogP contribution in [0.5, 0.6) is 5.75 Å². The van der Waals surface area contributed by atoms with Crippen molar-refractivity contribution in [2.45, 2.75) is 11.5 Å². The number of hydrogen-bond donors (Lipinski definition) is 1. The molecule has 0 amide bonds. The molecule has 0 saturated carbocycles. The first-order valence-electron chi connectivity index (χ1n) is 5.13. The van der Waals surface area contributed by atoms with E-state index >= 15 is 0 Å². The van der Waals surface area contributed by atoms with E-state index in [1.807, 2.05) is 30.3 Å². The summed E-state index contributed by atoms with van der Waals surface area (Å²) in [6.45, 7) is 0.488. The van der Waals surface area contributed by atoms with E-state index in [-0.39, 0.29) is 0 Å². The Labute approximate surface area is 102 Å². The Balaban J connectivity index is 1.98. The summed E-state index contributed by atoms with van der Waals surface area (Å²) in [7, 11) is 0. The smallest absolute Gasteiger partial charge is 0.186 e. The molecule has 2 rings (SSSR count). The lowest BCUT2D eigenvalue weighted by Gasteiger charge is -2.06. The molecule has 17 heavy (non-hydrogen) atoms. The van der Waals surface area contributed by atoms with E-state index in [1.165, 1.54) is 0 Å². The molecule has 0 saturated heterocycles. The first-order valence-corrected chi connectivity index (χ1v) is 6.24. The standard InChI is InChI=1S/C13H12O3S/c14-17(15)13-8-6-12(7-9-13)16-10-11-4-2-1-3-5-11/h1-9H,10H2,(H,14,15). The van der Waals surface area contributed by atoms with Crippen molar-refractivity contribution in [2.24, 2.45) is 0 Å². The molecule has 0 heterocycles. The quantitative estimate of drug-likeness (QED) is 0.846. The third-order valence-electron chi connectivity index (χ3n) is 2.27. The van der Waals surface area contributed by atoms with Gasteiger partial charge in [-0.15, -0.1) is 0 Å². The van der Waals surface area contributed by atoms with Crippen LogP contribution < -0.4 is 4.74 Å². The number of hydrogen-bond acceptors (Lipinski definition) is 2. The van der Waals surface area contributed by atoms with Crippen molar-refractivity contribution < 1.29 is 13.5 Å². The van der Waals surface area contributed by atoms with Crippen LogP contribution in [0.2, 0.25) is 0 Å². The van der Waals surface area contributed by atoms with Crippen LogP contribution in [0, 0.1) is 0 Å². The van der Waals surface area contributed by atoms with Gasteiger partial charge in [0.15, 0.2) is 11.1 Å². The molecule has 0 radical (unpaired) electrons. The van der Waals surface area contributed by atoms with Gasteiger partial charge in [-0.3, -0.25) is 0 Å². The predicted octanol–water partition coefficient (Wildman–Crippen LogP) is 2.85. The van der Waals surface area contributed by atoms with Crippen LogP contribution >= 0.6 is 0 Å². The number of benzene rings is 2. The van der Waals surface area contributed by atoms with E-state index in [0.717, 1.165) is 5.56 Å². The summed E-state index contributed by atoms with van der Waals surface area (Å²) in [5.74, 6) is 0.683. The molecule has 0 fully saturated rings. The van der Waals surface area contributed by atoms with Gasteiger partial charge < -0.3 is 9.29 Å². The zero-order valence-corrected chi connectivity index (χ0v) is 9.89. The highest BCUT2D eigenvalue weighted by atomic mass is 32.2. The molecular formula is C13H12O3S. The van der Waals surface area contributed by atoms with Crippen LogP contribution in [0.25, 0.3) is 0 Å².